The number of aromatic nitrogens is 4. The van der Waals surface area contributed by atoms with Crippen LogP contribution in [0.25, 0.3) is 5.69 Å². The predicted octanol–water partition coefficient (Wildman–Crippen LogP) is 4.16. The van der Waals surface area contributed by atoms with Crippen molar-refractivity contribution in [3.63, 3.8) is 0 Å². The van der Waals surface area contributed by atoms with Crippen molar-refractivity contribution in [2.24, 2.45) is 7.05 Å². The molecule has 8 nitrogen and oxygen atoms in total. The molecule has 2 aromatic carbocycles. The number of ether oxygens (including phenoxy) is 2. The molecule has 9 heteroatoms. The third-order valence-corrected chi connectivity index (χ3v) is 6.57. The van der Waals surface area contributed by atoms with E-state index in [4.69, 9.17) is 14.6 Å². The standard InChI is InChI=1S/C27H28FN5O3/c1-32-13-12-29-26(32)24(17-14-20(35-2)16-21(15-17)36-3)30-27(34)25-22-6-4-5-7-23(22)33(31-25)19-10-8-18(28)9-11-19/h8-16,24H,4-7H2,1-3H3,(H,30,34). The van der Waals surface area contributed by atoms with Crippen molar-refractivity contribution in [1.82, 2.24) is 24.6 Å². The van der Waals surface area contributed by atoms with Crippen molar-refractivity contribution >= 4 is 5.91 Å². The minimum Gasteiger partial charge on any atom is -0.497 e. The van der Waals surface area contributed by atoms with E-state index in [0.29, 0.717) is 23.0 Å². The molecule has 0 saturated heterocycles. The third-order valence-electron chi connectivity index (χ3n) is 6.57. The smallest absolute Gasteiger partial charge is 0.272 e. The van der Waals surface area contributed by atoms with Gasteiger partial charge in [0.2, 0.25) is 0 Å². The summed E-state index contributed by atoms with van der Waals surface area (Å²) in [5.74, 6) is 1.25. The molecule has 0 aliphatic heterocycles. The average molecular weight is 490 g/mol. The zero-order valence-corrected chi connectivity index (χ0v) is 20.5. The second-order valence-electron chi connectivity index (χ2n) is 8.82. The van der Waals surface area contributed by atoms with E-state index in [-0.39, 0.29) is 11.7 Å². The fraction of sp³-hybridized carbons (Fsp3) is 0.296. The zero-order chi connectivity index (χ0) is 25.2. The first-order chi connectivity index (χ1) is 17.5. The Labute approximate surface area is 208 Å². The summed E-state index contributed by atoms with van der Waals surface area (Å²) in [5, 5.41) is 7.87. The SMILES string of the molecule is COc1cc(OC)cc(C(NC(=O)c2nn(-c3ccc(F)cc3)c3c2CCCC3)c2nccn2C)c1. The van der Waals surface area contributed by atoms with Crippen LogP contribution in [-0.2, 0) is 19.9 Å². The second-order valence-corrected chi connectivity index (χ2v) is 8.82. The van der Waals surface area contributed by atoms with Gasteiger partial charge in [-0.05, 0) is 67.6 Å². The maximum absolute atomic E-state index is 13.8. The lowest BCUT2D eigenvalue weighted by atomic mass is 9.95. The Bertz CT molecular complexity index is 1370. The van der Waals surface area contributed by atoms with Crippen LogP contribution in [0.5, 0.6) is 11.5 Å². The number of hydrogen-bond donors (Lipinski definition) is 1. The number of carbonyl (C=O) groups is 1. The Morgan fingerprint density at radius 2 is 1.75 bits per heavy atom. The molecule has 1 aliphatic carbocycles. The number of aryl methyl sites for hydroxylation is 1. The quantitative estimate of drug-likeness (QED) is 0.422. The van der Waals surface area contributed by atoms with Gasteiger partial charge in [-0.25, -0.2) is 14.1 Å². The lowest BCUT2D eigenvalue weighted by Gasteiger charge is -2.20. The van der Waals surface area contributed by atoms with Gasteiger partial charge in [-0.1, -0.05) is 0 Å². The van der Waals surface area contributed by atoms with Gasteiger partial charge in [-0.3, -0.25) is 4.79 Å². The molecule has 1 aliphatic rings. The summed E-state index contributed by atoms with van der Waals surface area (Å²) in [4.78, 5) is 18.3. The number of imidazole rings is 1. The maximum Gasteiger partial charge on any atom is 0.272 e. The minimum atomic E-state index is -0.572. The molecule has 1 N–H and O–H groups in total. The molecule has 2 heterocycles. The molecule has 0 fully saturated rings. The molecule has 5 rings (SSSR count). The number of nitrogens with one attached hydrogen (secondary N) is 1. The Morgan fingerprint density at radius 3 is 2.39 bits per heavy atom. The zero-order valence-electron chi connectivity index (χ0n) is 20.5. The molecule has 0 radical (unpaired) electrons. The largest absolute Gasteiger partial charge is 0.497 e. The summed E-state index contributed by atoms with van der Waals surface area (Å²) in [6.45, 7) is 0. The molecular weight excluding hydrogens is 461 g/mol. The molecule has 4 aromatic rings. The van der Waals surface area contributed by atoms with E-state index in [1.165, 1.54) is 12.1 Å². The molecule has 0 bridgehead atoms. The number of benzene rings is 2. The van der Waals surface area contributed by atoms with E-state index in [9.17, 15) is 9.18 Å². The first-order valence-electron chi connectivity index (χ1n) is 11.9. The number of methoxy groups -OCH3 is 2. The van der Waals surface area contributed by atoms with E-state index in [0.717, 1.165) is 48.2 Å². The minimum absolute atomic E-state index is 0.302. The number of nitrogens with zero attached hydrogens (tertiary/aromatic N) is 4. The summed E-state index contributed by atoms with van der Waals surface area (Å²) in [6.07, 6.45) is 7.09. The summed E-state index contributed by atoms with van der Waals surface area (Å²) in [6, 6.07) is 11.1. The summed E-state index contributed by atoms with van der Waals surface area (Å²) in [5.41, 5.74) is 3.80. The molecule has 1 amide bonds. The first kappa shape index (κ1) is 23.6. The Kier molecular flexibility index (Phi) is 6.45. The van der Waals surface area contributed by atoms with E-state index in [1.807, 2.05) is 29.9 Å². The highest BCUT2D eigenvalue weighted by molar-refractivity contribution is 5.94. The van der Waals surface area contributed by atoms with E-state index < -0.39 is 6.04 Å². The van der Waals surface area contributed by atoms with E-state index in [2.05, 4.69) is 10.3 Å². The van der Waals surface area contributed by atoms with Gasteiger partial charge in [-0.15, -0.1) is 0 Å². The van der Waals surface area contributed by atoms with Crippen molar-refractivity contribution in [2.45, 2.75) is 31.7 Å². The number of halogens is 1. The second kappa shape index (κ2) is 9.85. The highest BCUT2D eigenvalue weighted by Gasteiger charge is 2.29. The van der Waals surface area contributed by atoms with Crippen LogP contribution >= 0.6 is 0 Å². The maximum atomic E-state index is 13.8. The molecule has 2 aromatic heterocycles. The number of hydrogen-bond acceptors (Lipinski definition) is 5. The molecular formula is C27H28FN5O3. The van der Waals surface area contributed by atoms with Gasteiger partial charge in [-0.2, -0.15) is 5.10 Å². The Hall–Kier alpha value is -4.14. The van der Waals surface area contributed by atoms with Gasteiger partial charge in [0.05, 0.1) is 19.9 Å². The number of fused-ring (bicyclic) bond motifs is 1. The van der Waals surface area contributed by atoms with Gasteiger partial charge in [0.25, 0.3) is 5.91 Å². The lowest BCUT2D eigenvalue weighted by molar-refractivity contribution is 0.0934. The molecule has 0 spiro atoms. The van der Waals surface area contributed by atoms with Gasteiger partial charge in [0.1, 0.15) is 29.2 Å². The topological polar surface area (TPSA) is 83.2 Å². The highest BCUT2D eigenvalue weighted by Crippen LogP contribution is 2.31. The number of carbonyl (C=O) groups excluding carboxylic acids is 1. The van der Waals surface area contributed by atoms with Crippen molar-refractivity contribution in [3.8, 4) is 17.2 Å². The van der Waals surface area contributed by atoms with Gasteiger partial charge in [0, 0.05) is 36.8 Å². The van der Waals surface area contributed by atoms with Crippen LogP contribution in [0, 0.1) is 5.82 Å². The fourth-order valence-corrected chi connectivity index (χ4v) is 4.73. The van der Waals surface area contributed by atoms with Crippen molar-refractivity contribution in [3.05, 3.63) is 89.0 Å². The molecule has 36 heavy (non-hydrogen) atoms. The predicted molar refractivity (Wildman–Crippen MR) is 132 cm³/mol. The molecule has 0 saturated carbocycles. The number of rotatable bonds is 7. The van der Waals surface area contributed by atoms with Crippen LogP contribution in [0.15, 0.2) is 54.9 Å². The summed E-state index contributed by atoms with van der Waals surface area (Å²) in [7, 11) is 5.05. The lowest BCUT2D eigenvalue weighted by Crippen LogP contribution is -2.32. The average Bonchev–Trinajstić information content (AvgIpc) is 3.51. The van der Waals surface area contributed by atoms with Crippen LogP contribution < -0.4 is 14.8 Å². The molecule has 1 atom stereocenters. The molecule has 1 unspecified atom stereocenters. The van der Waals surface area contributed by atoms with Gasteiger partial charge < -0.3 is 19.4 Å². The number of amides is 1. The molecule has 186 valence electrons. The van der Waals surface area contributed by atoms with Crippen LogP contribution in [0.2, 0.25) is 0 Å². The summed E-state index contributed by atoms with van der Waals surface area (Å²) >= 11 is 0. The highest BCUT2D eigenvalue weighted by atomic mass is 19.1. The van der Waals surface area contributed by atoms with Crippen LogP contribution in [-0.4, -0.2) is 39.5 Å². The van der Waals surface area contributed by atoms with Crippen LogP contribution in [0.3, 0.4) is 0 Å². The van der Waals surface area contributed by atoms with Gasteiger partial charge in [0.15, 0.2) is 5.69 Å². The monoisotopic (exact) mass is 489 g/mol. The fourth-order valence-electron chi connectivity index (χ4n) is 4.73. The third kappa shape index (κ3) is 4.44. The Balaban J connectivity index is 1.56. The van der Waals surface area contributed by atoms with Crippen LogP contribution in [0.4, 0.5) is 4.39 Å². The summed E-state index contributed by atoms with van der Waals surface area (Å²) < 4.78 is 28.1. The van der Waals surface area contributed by atoms with E-state index in [1.54, 1.807) is 43.3 Å². The first-order valence-corrected chi connectivity index (χ1v) is 11.9. The van der Waals surface area contributed by atoms with Crippen molar-refractivity contribution in [1.29, 1.82) is 0 Å². The Morgan fingerprint density at radius 1 is 1.06 bits per heavy atom. The normalized spacial score (nSPS) is 13.7. The van der Waals surface area contributed by atoms with Gasteiger partial charge >= 0.3 is 0 Å². The van der Waals surface area contributed by atoms with Crippen molar-refractivity contribution < 1.29 is 18.7 Å². The van der Waals surface area contributed by atoms with Crippen LogP contribution in [0.1, 0.15) is 52.0 Å². The van der Waals surface area contributed by atoms with Crippen molar-refractivity contribution in [2.75, 3.05) is 14.2 Å². The van der Waals surface area contributed by atoms with E-state index >= 15 is 0 Å².